The number of nitrogens with one attached hydrogen (secondary N) is 1. The summed E-state index contributed by atoms with van der Waals surface area (Å²) >= 11 is 0. The molecular weight excluding hydrogens is 260 g/mol. The molecule has 0 aliphatic heterocycles. The molecule has 0 radical (unpaired) electrons. The highest BCUT2D eigenvalue weighted by Crippen LogP contribution is 2.30. The van der Waals surface area contributed by atoms with Gasteiger partial charge in [-0.1, -0.05) is 39.0 Å². The number of methoxy groups -OCH3 is 1. The minimum atomic E-state index is 0.417. The average molecular weight is 292 g/mol. The van der Waals surface area contributed by atoms with Crippen LogP contribution in [0.3, 0.4) is 0 Å². The lowest BCUT2D eigenvalue weighted by Gasteiger charge is -2.34. The van der Waals surface area contributed by atoms with Crippen molar-refractivity contribution in [3.63, 3.8) is 0 Å². The van der Waals surface area contributed by atoms with E-state index in [4.69, 9.17) is 4.74 Å². The molecule has 0 aliphatic rings. The highest BCUT2D eigenvalue weighted by atomic mass is 16.5. The Bertz CT molecular complexity index is 395. The van der Waals surface area contributed by atoms with Gasteiger partial charge in [0.15, 0.2) is 0 Å². The van der Waals surface area contributed by atoms with Crippen molar-refractivity contribution in [3.8, 4) is 0 Å². The molecule has 0 aromatic heterocycles. The summed E-state index contributed by atoms with van der Waals surface area (Å²) in [5, 5.41) is 3.60. The molecule has 0 heterocycles. The highest BCUT2D eigenvalue weighted by Gasteiger charge is 2.19. The zero-order valence-corrected chi connectivity index (χ0v) is 14.4. The summed E-state index contributed by atoms with van der Waals surface area (Å²) in [6.07, 6.45) is 2.24. The van der Waals surface area contributed by atoms with Gasteiger partial charge in [0, 0.05) is 31.4 Å². The fourth-order valence-corrected chi connectivity index (χ4v) is 2.75. The van der Waals surface area contributed by atoms with Crippen LogP contribution in [0.5, 0.6) is 0 Å². The van der Waals surface area contributed by atoms with Gasteiger partial charge in [0.2, 0.25) is 0 Å². The van der Waals surface area contributed by atoms with E-state index in [-0.39, 0.29) is 0 Å². The lowest BCUT2D eigenvalue weighted by atomic mass is 10.00. The molecular formula is C18H32N2O. The Kier molecular flexibility index (Phi) is 8.40. The Morgan fingerprint density at radius 1 is 1.14 bits per heavy atom. The molecule has 0 aliphatic carbocycles. The Hall–Kier alpha value is -1.06. The zero-order chi connectivity index (χ0) is 15.7. The van der Waals surface area contributed by atoms with Crippen molar-refractivity contribution < 1.29 is 4.74 Å². The number of nitrogens with zero attached hydrogens (tertiary/aromatic N) is 1. The summed E-state index contributed by atoms with van der Waals surface area (Å²) in [4.78, 5) is 2.48. The van der Waals surface area contributed by atoms with Crippen LogP contribution in [-0.2, 0) is 4.74 Å². The van der Waals surface area contributed by atoms with Gasteiger partial charge in [-0.25, -0.2) is 0 Å². The van der Waals surface area contributed by atoms with Crippen LogP contribution < -0.4 is 10.2 Å². The van der Waals surface area contributed by atoms with Gasteiger partial charge < -0.3 is 15.0 Å². The predicted molar refractivity (Wildman–Crippen MR) is 92.1 cm³/mol. The second-order valence-electron chi connectivity index (χ2n) is 5.52. The second kappa shape index (κ2) is 9.80. The van der Waals surface area contributed by atoms with Gasteiger partial charge in [-0.2, -0.15) is 0 Å². The van der Waals surface area contributed by atoms with Crippen LogP contribution in [0, 0.1) is 0 Å². The van der Waals surface area contributed by atoms with Crippen LogP contribution in [0.25, 0.3) is 0 Å². The maximum absolute atomic E-state index is 5.31. The number of benzene rings is 1. The van der Waals surface area contributed by atoms with Crippen molar-refractivity contribution in [2.24, 2.45) is 0 Å². The smallest absolute Gasteiger partial charge is 0.0637 e. The van der Waals surface area contributed by atoms with Crippen molar-refractivity contribution in [1.29, 1.82) is 0 Å². The first-order valence-electron chi connectivity index (χ1n) is 8.27. The Labute approximate surface area is 130 Å². The molecule has 1 rings (SSSR count). The first kappa shape index (κ1) is 18.0. The van der Waals surface area contributed by atoms with Gasteiger partial charge in [-0.15, -0.1) is 0 Å². The third-order valence-corrected chi connectivity index (χ3v) is 4.14. The van der Waals surface area contributed by atoms with E-state index in [2.05, 4.69) is 62.2 Å². The van der Waals surface area contributed by atoms with Gasteiger partial charge in [-0.05, 0) is 37.9 Å². The second-order valence-corrected chi connectivity index (χ2v) is 5.52. The molecule has 120 valence electrons. The molecule has 0 amide bonds. The maximum atomic E-state index is 5.31. The van der Waals surface area contributed by atoms with Gasteiger partial charge in [0.05, 0.1) is 6.61 Å². The molecule has 1 N–H and O–H groups in total. The van der Waals surface area contributed by atoms with E-state index in [0.29, 0.717) is 12.1 Å². The maximum Gasteiger partial charge on any atom is 0.0637 e. The number of hydrogen-bond acceptors (Lipinski definition) is 3. The van der Waals surface area contributed by atoms with E-state index in [0.717, 1.165) is 32.5 Å². The largest absolute Gasteiger partial charge is 0.383 e. The molecule has 0 bridgehead atoms. The van der Waals surface area contributed by atoms with Gasteiger partial charge >= 0.3 is 0 Å². The molecule has 0 saturated carbocycles. The number of rotatable bonds is 10. The monoisotopic (exact) mass is 292 g/mol. The first-order valence-corrected chi connectivity index (χ1v) is 8.27. The van der Waals surface area contributed by atoms with E-state index in [1.54, 1.807) is 7.11 Å². The van der Waals surface area contributed by atoms with Crippen LogP contribution >= 0.6 is 0 Å². The van der Waals surface area contributed by atoms with E-state index in [1.165, 1.54) is 11.3 Å². The average Bonchev–Trinajstić information content (AvgIpc) is 2.53. The third-order valence-electron chi connectivity index (χ3n) is 4.14. The molecule has 0 saturated heterocycles. The number of hydrogen-bond donors (Lipinski definition) is 1. The molecule has 21 heavy (non-hydrogen) atoms. The minimum Gasteiger partial charge on any atom is -0.383 e. The minimum absolute atomic E-state index is 0.417. The predicted octanol–water partition coefficient (Wildman–Crippen LogP) is 4.00. The summed E-state index contributed by atoms with van der Waals surface area (Å²) in [6, 6.07) is 9.72. The van der Waals surface area contributed by atoms with E-state index in [9.17, 15) is 0 Å². The summed E-state index contributed by atoms with van der Waals surface area (Å²) in [6.45, 7) is 11.6. The van der Waals surface area contributed by atoms with Crippen molar-refractivity contribution in [3.05, 3.63) is 29.8 Å². The lowest BCUT2D eigenvalue weighted by molar-refractivity contribution is 0.203. The third kappa shape index (κ3) is 5.01. The van der Waals surface area contributed by atoms with Gasteiger partial charge in [0.1, 0.15) is 0 Å². The first-order chi connectivity index (χ1) is 10.2. The summed E-state index contributed by atoms with van der Waals surface area (Å²) < 4.78 is 5.31. The molecule has 0 spiro atoms. The number of ether oxygens (including phenoxy) is 1. The van der Waals surface area contributed by atoms with E-state index >= 15 is 0 Å². The molecule has 2 atom stereocenters. The quantitative estimate of drug-likeness (QED) is 0.705. The van der Waals surface area contributed by atoms with Crippen LogP contribution in [0.15, 0.2) is 24.3 Å². The fourth-order valence-electron chi connectivity index (χ4n) is 2.75. The Morgan fingerprint density at radius 2 is 1.86 bits per heavy atom. The van der Waals surface area contributed by atoms with Crippen LogP contribution in [-0.4, -0.2) is 32.8 Å². The standard InChI is InChI=1S/C18H32N2O/c1-6-15(4)20(13-14-21-5)18-12-10-9-11-16(18)17(7-2)19-8-3/h9-12,15,17,19H,6-8,13-14H2,1-5H3. The molecule has 1 aromatic carbocycles. The van der Waals surface area contributed by atoms with Crippen molar-refractivity contribution >= 4 is 5.69 Å². The van der Waals surface area contributed by atoms with E-state index < -0.39 is 0 Å². The normalized spacial score (nSPS) is 14.0. The van der Waals surface area contributed by atoms with Crippen molar-refractivity contribution in [2.75, 3.05) is 31.7 Å². The highest BCUT2D eigenvalue weighted by molar-refractivity contribution is 5.55. The van der Waals surface area contributed by atoms with Gasteiger partial charge in [-0.3, -0.25) is 0 Å². The number of anilines is 1. The molecule has 0 fully saturated rings. The fraction of sp³-hybridized carbons (Fsp3) is 0.667. The topological polar surface area (TPSA) is 24.5 Å². The summed E-state index contributed by atoms with van der Waals surface area (Å²) in [5.41, 5.74) is 2.75. The molecule has 3 nitrogen and oxygen atoms in total. The molecule has 3 heteroatoms. The van der Waals surface area contributed by atoms with Gasteiger partial charge in [0.25, 0.3) is 0 Å². The SMILES string of the molecule is CCNC(CC)c1ccccc1N(CCOC)C(C)CC. The summed E-state index contributed by atoms with van der Waals surface area (Å²) in [7, 11) is 1.77. The Morgan fingerprint density at radius 3 is 2.43 bits per heavy atom. The van der Waals surface area contributed by atoms with Crippen molar-refractivity contribution in [2.45, 2.75) is 52.6 Å². The molecule has 2 unspecified atom stereocenters. The van der Waals surface area contributed by atoms with Crippen molar-refractivity contribution in [1.82, 2.24) is 5.32 Å². The van der Waals surface area contributed by atoms with Crippen LogP contribution in [0.1, 0.15) is 52.1 Å². The van der Waals surface area contributed by atoms with Crippen LogP contribution in [0.2, 0.25) is 0 Å². The molecule has 1 aromatic rings. The lowest BCUT2D eigenvalue weighted by Crippen LogP contribution is -2.37. The number of para-hydroxylation sites is 1. The van der Waals surface area contributed by atoms with E-state index in [1.807, 2.05) is 0 Å². The van der Waals surface area contributed by atoms with Crippen LogP contribution in [0.4, 0.5) is 5.69 Å². The zero-order valence-electron chi connectivity index (χ0n) is 14.4. The Balaban J connectivity index is 3.11. The summed E-state index contributed by atoms with van der Waals surface area (Å²) in [5.74, 6) is 0.